The van der Waals surface area contributed by atoms with E-state index in [2.05, 4.69) is 12.6 Å². The fourth-order valence-corrected chi connectivity index (χ4v) is 1.31. The molecular weight excluding hydrogens is 234 g/mol. The van der Waals surface area contributed by atoms with Crippen LogP contribution in [-0.4, -0.2) is 47.5 Å². The van der Waals surface area contributed by atoms with Crippen LogP contribution >= 0.6 is 24.4 Å². The van der Waals surface area contributed by atoms with Gasteiger partial charge in [-0.25, -0.2) is 0 Å². The molecule has 0 rings (SSSR count). The van der Waals surface area contributed by atoms with E-state index in [1.165, 1.54) is 0 Å². The number of carboxylic acids is 1. The zero-order chi connectivity index (χ0) is 12.1. The Bertz CT molecular complexity index is 148. The third-order valence-electron chi connectivity index (χ3n) is 1.28. The number of hydrogen-bond acceptors (Lipinski definition) is 6. The van der Waals surface area contributed by atoms with Crippen molar-refractivity contribution < 1.29 is 9.90 Å². The van der Waals surface area contributed by atoms with Gasteiger partial charge in [0.25, 0.3) is 0 Å². The first-order valence-electron chi connectivity index (χ1n) is 4.67. The van der Waals surface area contributed by atoms with Crippen LogP contribution in [0.5, 0.6) is 0 Å². The van der Waals surface area contributed by atoms with Gasteiger partial charge in [-0.1, -0.05) is 0 Å². The molecule has 0 aromatic heterocycles. The highest BCUT2D eigenvalue weighted by molar-refractivity contribution is 7.99. The van der Waals surface area contributed by atoms with Crippen molar-refractivity contribution in [1.82, 2.24) is 0 Å². The van der Waals surface area contributed by atoms with E-state index in [1.807, 2.05) is 0 Å². The van der Waals surface area contributed by atoms with E-state index in [9.17, 15) is 4.79 Å². The Hall–Kier alpha value is 0.0500. The van der Waals surface area contributed by atoms with E-state index in [0.29, 0.717) is 19.5 Å². The van der Waals surface area contributed by atoms with Gasteiger partial charge in [0.05, 0.1) is 0 Å². The molecule has 0 heterocycles. The maximum absolute atomic E-state index is 10.2. The number of aliphatic carboxylic acids is 1. The van der Waals surface area contributed by atoms with Crippen molar-refractivity contribution in [3.05, 3.63) is 0 Å². The lowest BCUT2D eigenvalue weighted by atomic mass is 10.2. The van der Waals surface area contributed by atoms with Crippen molar-refractivity contribution in [2.45, 2.75) is 12.5 Å². The monoisotopic (exact) mass is 255 g/mol. The summed E-state index contributed by atoms with van der Waals surface area (Å²) in [6, 6.07) is -0.722. The molecule has 7 N–H and O–H groups in total. The molecule has 0 aromatic carbocycles. The molecular formula is C8H21N3O2S2. The predicted octanol–water partition coefficient (Wildman–Crippen LogP) is -0.645. The van der Waals surface area contributed by atoms with Gasteiger partial charge in [-0.2, -0.15) is 24.4 Å². The number of thiol groups is 1. The highest BCUT2D eigenvalue weighted by atomic mass is 32.2. The van der Waals surface area contributed by atoms with Gasteiger partial charge in [-0.3, -0.25) is 4.79 Å². The summed E-state index contributed by atoms with van der Waals surface area (Å²) >= 11 is 5.43. The van der Waals surface area contributed by atoms with Gasteiger partial charge in [0.2, 0.25) is 0 Å². The number of thioether (sulfide) groups is 1. The van der Waals surface area contributed by atoms with Crippen LogP contribution in [0.3, 0.4) is 0 Å². The summed E-state index contributed by atoms with van der Waals surface area (Å²) < 4.78 is 0. The summed E-state index contributed by atoms with van der Waals surface area (Å²) in [6.45, 7) is 1.32. The van der Waals surface area contributed by atoms with Gasteiger partial charge in [0.15, 0.2) is 0 Å². The number of nitrogens with two attached hydrogens (primary N) is 3. The first-order chi connectivity index (χ1) is 7.09. The summed E-state index contributed by atoms with van der Waals surface area (Å²) in [5.74, 6) is 1.50. The second-order valence-corrected chi connectivity index (χ2v) is 4.32. The van der Waals surface area contributed by atoms with Gasteiger partial charge >= 0.3 is 5.97 Å². The SMILES string of the molecule is NCCS.NCCSCC[C@H](N)C(=O)O. The van der Waals surface area contributed by atoms with Crippen LogP contribution in [-0.2, 0) is 4.79 Å². The molecule has 0 aliphatic rings. The molecule has 0 aromatic rings. The molecule has 15 heavy (non-hydrogen) atoms. The van der Waals surface area contributed by atoms with E-state index in [-0.39, 0.29) is 0 Å². The summed E-state index contributed by atoms with van der Waals surface area (Å²) in [6.07, 6.45) is 0.514. The van der Waals surface area contributed by atoms with Gasteiger partial charge in [-0.05, 0) is 12.2 Å². The Morgan fingerprint density at radius 2 is 1.87 bits per heavy atom. The summed E-state index contributed by atoms with van der Waals surface area (Å²) in [5.41, 5.74) is 15.4. The smallest absolute Gasteiger partial charge is 0.320 e. The second-order valence-electron chi connectivity index (χ2n) is 2.65. The topological polar surface area (TPSA) is 115 Å². The van der Waals surface area contributed by atoms with Crippen LogP contribution in [0.1, 0.15) is 6.42 Å². The van der Waals surface area contributed by atoms with E-state index in [4.69, 9.17) is 22.3 Å². The normalized spacial score (nSPS) is 11.5. The fourth-order valence-electron chi connectivity index (χ4n) is 0.519. The summed E-state index contributed by atoms with van der Waals surface area (Å²) in [4.78, 5) is 10.2. The van der Waals surface area contributed by atoms with Crippen molar-refractivity contribution in [3.8, 4) is 0 Å². The molecule has 7 heteroatoms. The molecule has 0 fully saturated rings. The first-order valence-corrected chi connectivity index (χ1v) is 6.46. The van der Waals surface area contributed by atoms with E-state index < -0.39 is 12.0 Å². The lowest BCUT2D eigenvalue weighted by Crippen LogP contribution is -2.30. The molecule has 0 spiro atoms. The quantitative estimate of drug-likeness (QED) is 0.305. The molecule has 0 saturated heterocycles. The Morgan fingerprint density at radius 3 is 2.20 bits per heavy atom. The Morgan fingerprint density at radius 1 is 1.33 bits per heavy atom. The zero-order valence-electron chi connectivity index (χ0n) is 8.76. The zero-order valence-corrected chi connectivity index (χ0v) is 10.5. The predicted molar refractivity (Wildman–Crippen MR) is 69.5 cm³/mol. The maximum atomic E-state index is 10.2. The number of hydrogen-bond donors (Lipinski definition) is 5. The molecule has 0 amide bonds. The van der Waals surface area contributed by atoms with Crippen molar-refractivity contribution in [1.29, 1.82) is 0 Å². The molecule has 0 unspecified atom stereocenters. The first kappa shape index (κ1) is 17.4. The second kappa shape index (κ2) is 14.1. The standard InChI is InChI=1S/C6H14N2O2S.C2H7NS/c7-2-4-11-3-1-5(8)6(9)10;3-1-2-4/h5H,1-4,7-8H2,(H,9,10);4H,1-3H2/t5-;/m0./s1. The molecule has 1 atom stereocenters. The largest absolute Gasteiger partial charge is 0.480 e. The third-order valence-corrected chi connectivity index (χ3v) is 2.59. The van der Waals surface area contributed by atoms with Crippen molar-refractivity contribution in [2.24, 2.45) is 17.2 Å². The minimum Gasteiger partial charge on any atom is -0.480 e. The number of carboxylic acid groups (broad SMARTS) is 1. The van der Waals surface area contributed by atoms with Crippen LogP contribution in [0.15, 0.2) is 0 Å². The molecule has 0 bridgehead atoms. The summed E-state index contributed by atoms with van der Waals surface area (Å²) in [5, 5.41) is 8.38. The number of rotatable bonds is 7. The minimum atomic E-state index is -0.932. The lowest BCUT2D eigenvalue weighted by Gasteiger charge is -2.04. The summed E-state index contributed by atoms with van der Waals surface area (Å²) in [7, 11) is 0. The fraction of sp³-hybridized carbons (Fsp3) is 0.875. The number of carbonyl (C=O) groups is 1. The third kappa shape index (κ3) is 16.7. The molecule has 0 radical (unpaired) electrons. The minimum absolute atomic E-state index is 0.514. The van der Waals surface area contributed by atoms with Crippen LogP contribution in [0, 0.1) is 0 Å². The van der Waals surface area contributed by atoms with Gasteiger partial charge in [0, 0.05) is 24.6 Å². The molecule has 0 aliphatic carbocycles. The molecule has 0 saturated carbocycles. The average Bonchev–Trinajstić information content (AvgIpc) is 2.24. The lowest BCUT2D eigenvalue weighted by molar-refractivity contribution is -0.138. The van der Waals surface area contributed by atoms with Crippen molar-refractivity contribution in [3.63, 3.8) is 0 Å². The van der Waals surface area contributed by atoms with Crippen molar-refractivity contribution in [2.75, 3.05) is 30.3 Å². The molecule has 0 aliphatic heterocycles. The van der Waals surface area contributed by atoms with Crippen LogP contribution in [0.25, 0.3) is 0 Å². The molecule has 92 valence electrons. The van der Waals surface area contributed by atoms with Gasteiger partial charge in [-0.15, -0.1) is 0 Å². The van der Waals surface area contributed by atoms with Crippen LogP contribution < -0.4 is 17.2 Å². The molecule has 5 nitrogen and oxygen atoms in total. The van der Waals surface area contributed by atoms with Crippen molar-refractivity contribution >= 4 is 30.4 Å². The van der Waals surface area contributed by atoms with Gasteiger partial charge < -0.3 is 22.3 Å². The van der Waals surface area contributed by atoms with E-state index in [0.717, 1.165) is 17.3 Å². The Kier molecular flexibility index (Phi) is 16.3. The highest BCUT2D eigenvalue weighted by Gasteiger charge is 2.09. The Balaban J connectivity index is 0. The van der Waals surface area contributed by atoms with E-state index >= 15 is 0 Å². The van der Waals surface area contributed by atoms with Crippen LogP contribution in [0.4, 0.5) is 0 Å². The van der Waals surface area contributed by atoms with E-state index in [1.54, 1.807) is 11.8 Å². The average molecular weight is 255 g/mol. The van der Waals surface area contributed by atoms with Gasteiger partial charge in [0.1, 0.15) is 6.04 Å². The maximum Gasteiger partial charge on any atom is 0.320 e. The van der Waals surface area contributed by atoms with Crippen LogP contribution in [0.2, 0.25) is 0 Å². The highest BCUT2D eigenvalue weighted by Crippen LogP contribution is 2.02. The Labute approximate surface area is 101 Å².